The van der Waals surface area contributed by atoms with Gasteiger partial charge in [-0.1, -0.05) is 32.9 Å². The molecular weight excluding hydrogens is 248 g/mol. The lowest BCUT2D eigenvalue weighted by Gasteiger charge is -2.31. The highest BCUT2D eigenvalue weighted by atomic mass is 16.5. The van der Waals surface area contributed by atoms with Crippen LogP contribution in [0.3, 0.4) is 0 Å². The predicted octanol–water partition coefficient (Wildman–Crippen LogP) is 3.29. The second-order valence-electron chi connectivity index (χ2n) is 6.98. The second kappa shape index (κ2) is 6.49. The third-order valence-corrected chi connectivity index (χ3v) is 3.75. The van der Waals surface area contributed by atoms with Gasteiger partial charge in [-0.15, -0.1) is 0 Å². The molecule has 0 aromatic heterocycles. The molecule has 0 spiro atoms. The first-order valence-electron chi connectivity index (χ1n) is 7.66. The molecule has 1 aliphatic rings. The Morgan fingerprint density at radius 3 is 2.75 bits per heavy atom. The number of anilines is 1. The van der Waals surface area contributed by atoms with Crippen LogP contribution in [0.25, 0.3) is 0 Å². The number of para-hydroxylation sites is 2. The van der Waals surface area contributed by atoms with Crippen molar-refractivity contribution in [1.29, 1.82) is 0 Å². The van der Waals surface area contributed by atoms with Crippen LogP contribution in [0.1, 0.15) is 33.6 Å². The molecule has 0 aliphatic carbocycles. The molecule has 3 heteroatoms. The van der Waals surface area contributed by atoms with Crippen LogP contribution in [0.4, 0.5) is 5.69 Å². The minimum absolute atomic E-state index is 0.325. The average Bonchev–Trinajstić information content (AvgIpc) is 2.59. The van der Waals surface area contributed by atoms with Gasteiger partial charge in [0.05, 0.1) is 12.3 Å². The van der Waals surface area contributed by atoms with Crippen molar-refractivity contribution in [3.05, 3.63) is 24.3 Å². The second-order valence-corrected chi connectivity index (χ2v) is 6.98. The lowest BCUT2D eigenvalue weighted by atomic mass is 9.84. The van der Waals surface area contributed by atoms with Crippen molar-refractivity contribution in [3.63, 3.8) is 0 Å². The van der Waals surface area contributed by atoms with Gasteiger partial charge in [0, 0.05) is 13.1 Å². The fourth-order valence-electron chi connectivity index (χ4n) is 2.99. The van der Waals surface area contributed by atoms with Gasteiger partial charge in [0.15, 0.2) is 0 Å². The molecule has 0 bridgehead atoms. The van der Waals surface area contributed by atoms with E-state index in [1.807, 2.05) is 6.07 Å². The van der Waals surface area contributed by atoms with Gasteiger partial charge in [-0.25, -0.2) is 0 Å². The fraction of sp³-hybridized carbons (Fsp3) is 0.647. The summed E-state index contributed by atoms with van der Waals surface area (Å²) in [5.41, 5.74) is 7.54. The minimum atomic E-state index is 0.325. The zero-order valence-electron chi connectivity index (χ0n) is 13.1. The number of nitrogens with two attached hydrogens (primary N) is 1. The van der Waals surface area contributed by atoms with Crippen LogP contribution in [0, 0.1) is 11.3 Å². The largest absolute Gasteiger partial charge is 0.491 e. The van der Waals surface area contributed by atoms with E-state index in [2.05, 4.69) is 43.9 Å². The molecule has 1 aromatic rings. The van der Waals surface area contributed by atoms with E-state index in [-0.39, 0.29) is 0 Å². The molecule has 1 aliphatic heterocycles. The normalized spacial score (nSPS) is 17.1. The van der Waals surface area contributed by atoms with E-state index < -0.39 is 0 Å². The molecule has 1 aromatic carbocycles. The Kier molecular flexibility index (Phi) is 4.92. The highest BCUT2D eigenvalue weighted by Gasteiger charge is 2.22. The standard InChI is InChI=1S/C17H28N2O/c1-17(2,3)11-14(12-18)13-19-9-6-10-20-16-8-5-4-7-15(16)19/h4-5,7-8,14H,6,9-13,18H2,1-3H3. The van der Waals surface area contributed by atoms with Gasteiger partial charge >= 0.3 is 0 Å². The molecule has 0 saturated carbocycles. The summed E-state index contributed by atoms with van der Waals surface area (Å²) in [4.78, 5) is 2.45. The first kappa shape index (κ1) is 15.2. The fourth-order valence-corrected chi connectivity index (χ4v) is 2.99. The predicted molar refractivity (Wildman–Crippen MR) is 85.4 cm³/mol. The summed E-state index contributed by atoms with van der Waals surface area (Å²) in [5, 5.41) is 0. The minimum Gasteiger partial charge on any atom is -0.491 e. The van der Waals surface area contributed by atoms with E-state index in [1.165, 1.54) is 5.69 Å². The van der Waals surface area contributed by atoms with Crippen molar-refractivity contribution in [2.24, 2.45) is 17.1 Å². The van der Waals surface area contributed by atoms with E-state index in [0.29, 0.717) is 11.3 Å². The van der Waals surface area contributed by atoms with Crippen LogP contribution < -0.4 is 15.4 Å². The molecule has 1 atom stereocenters. The van der Waals surface area contributed by atoms with Crippen molar-refractivity contribution in [1.82, 2.24) is 0 Å². The third kappa shape index (κ3) is 4.14. The lowest BCUT2D eigenvalue weighted by Crippen LogP contribution is -2.35. The van der Waals surface area contributed by atoms with E-state index >= 15 is 0 Å². The number of hydrogen-bond donors (Lipinski definition) is 1. The van der Waals surface area contributed by atoms with Crippen LogP contribution in [0.15, 0.2) is 24.3 Å². The molecule has 2 rings (SSSR count). The number of hydrogen-bond acceptors (Lipinski definition) is 3. The zero-order valence-corrected chi connectivity index (χ0v) is 13.1. The van der Waals surface area contributed by atoms with Gasteiger partial charge in [0.1, 0.15) is 5.75 Å². The van der Waals surface area contributed by atoms with Gasteiger partial charge in [-0.2, -0.15) is 0 Å². The average molecular weight is 276 g/mol. The summed E-state index contributed by atoms with van der Waals surface area (Å²) in [6.07, 6.45) is 2.23. The molecule has 2 N–H and O–H groups in total. The van der Waals surface area contributed by atoms with E-state index in [4.69, 9.17) is 10.5 Å². The molecule has 1 heterocycles. The molecule has 20 heavy (non-hydrogen) atoms. The topological polar surface area (TPSA) is 38.5 Å². The van der Waals surface area contributed by atoms with Crippen molar-refractivity contribution < 1.29 is 4.74 Å². The number of rotatable bonds is 4. The summed E-state index contributed by atoms with van der Waals surface area (Å²) in [6.45, 7) is 10.5. The van der Waals surface area contributed by atoms with Crippen molar-refractivity contribution in [2.45, 2.75) is 33.6 Å². The number of nitrogens with zero attached hydrogens (tertiary/aromatic N) is 1. The van der Waals surface area contributed by atoms with Crippen LogP contribution >= 0.6 is 0 Å². The number of benzene rings is 1. The quantitative estimate of drug-likeness (QED) is 0.917. The summed E-state index contributed by atoms with van der Waals surface area (Å²) in [5.74, 6) is 1.54. The third-order valence-electron chi connectivity index (χ3n) is 3.75. The molecular formula is C17H28N2O. The van der Waals surface area contributed by atoms with Crippen LogP contribution in [0.2, 0.25) is 0 Å². The maximum atomic E-state index is 6.00. The molecule has 1 unspecified atom stereocenters. The van der Waals surface area contributed by atoms with Gasteiger partial charge in [0.25, 0.3) is 0 Å². The maximum Gasteiger partial charge on any atom is 0.142 e. The SMILES string of the molecule is CC(C)(C)CC(CN)CN1CCCOc2ccccc21. The van der Waals surface area contributed by atoms with E-state index in [9.17, 15) is 0 Å². The highest BCUT2D eigenvalue weighted by Crippen LogP contribution is 2.32. The zero-order chi connectivity index (χ0) is 14.6. The van der Waals surface area contributed by atoms with E-state index in [1.54, 1.807) is 0 Å². The van der Waals surface area contributed by atoms with Gasteiger partial charge < -0.3 is 15.4 Å². The Morgan fingerprint density at radius 2 is 2.05 bits per heavy atom. The smallest absolute Gasteiger partial charge is 0.142 e. The summed E-state index contributed by atoms with van der Waals surface area (Å²) < 4.78 is 5.82. The molecule has 3 nitrogen and oxygen atoms in total. The summed E-state index contributed by atoms with van der Waals surface area (Å²) in [6, 6.07) is 8.35. The van der Waals surface area contributed by atoms with E-state index in [0.717, 1.165) is 44.8 Å². The lowest BCUT2D eigenvalue weighted by molar-refractivity contribution is 0.297. The monoisotopic (exact) mass is 276 g/mol. The first-order valence-corrected chi connectivity index (χ1v) is 7.66. The molecule has 0 saturated heterocycles. The van der Waals surface area contributed by atoms with Gasteiger partial charge in [-0.05, 0) is 42.9 Å². The Bertz CT molecular complexity index is 425. The van der Waals surface area contributed by atoms with Crippen LogP contribution in [-0.4, -0.2) is 26.2 Å². The molecule has 0 amide bonds. The summed E-state index contributed by atoms with van der Waals surface area (Å²) in [7, 11) is 0. The van der Waals surface area contributed by atoms with Crippen LogP contribution in [0.5, 0.6) is 5.75 Å². The highest BCUT2D eigenvalue weighted by molar-refractivity contribution is 5.58. The Balaban J connectivity index is 2.11. The van der Waals surface area contributed by atoms with Crippen molar-refractivity contribution in [3.8, 4) is 5.75 Å². The first-order chi connectivity index (χ1) is 9.49. The number of fused-ring (bicyclic) bond motifs is 1. The molecule has 112 valence electrons. The maximum absolute atomic E-state index is 6.00. The Morgan fingerprint density at radius 1 is 1.30 bits per heavy atom. The van der Waals surface area contributed by atoms with Crippen molar-refractivity contribution in [2.75, 3.05) is 31.1 Å². The Hall–Kier alpha value is -1.22. The number of ether oxygens (including phenoxy) is 1. The summed E-state index contributed by atoms with van der Waals surface area (Å²) >= 11 is 0. The van der Waals surface area contributed by atoms with Gasteiger partial charge in [-0.3, -0.25) is 0 Å². The van der Waals surface area contributed by atoms with Gasteiger partial charge in [0.2, 0.25) is 0 Å². The van der Waals surface area contributed by atoms with Crippen LogP contribution in [-0.2, 0) is 0 Å². The molecule has 0 fully saturated rings. The molecule has 0 radical (unpaired) electrons. The Labute approximate surface area is 123 Å². The van der Waals surface area contributed by atoms with Crippen molar-refractivity contribution >= 4 is 5.69 Å².